The van der Waals surface area contributed by atoms with E-state index in [4.69, 9.17) is 4.74 Å². The van der Waals surface area contributed by atoms with Crippen molar-refractivity contribution in [3.05, 3.63) is 66.2 Å². The summed E-state index contributed by atoms with van der Waals surface area (Å²) in [6, 6.07) is 16.6. The Bertz CT molecular complexity index is 964. The van der Waals surface area contributed by atoms with Crippen LogP contribution in [0.3, 0.4) is 0 Å². The Labute approximate surface area is 177 Å². The first-order valence-corrected chi connectivity index (χ1v) is 11.3. The average molecular weight is 431 g/mol. The molecule has 2 aromatic carbocycles. The predicted molar refractivity (Wildman–Crippen MR) is 112 cm³/mol. The van der Waals surface area contributed by atoms with E-state index in [0.717, 1.165) is 12.0 Å². The summed E-state index contributed by atoms with van der Waals surface area (Å²) in [6.07, 6.45) is 1.77. The van der Waals surface area contributed by atoms with Gasteiger partial charge in [-0.3, -0.25) is 9.59 Å². The smallest absolute Gasteiger partial charge is 0.324 e. The van der Waals surface area contributed by atoms with E-state index in [1.807, 2.05) is 30.3 Å². The van der Waals surface area contributed by atoms with Gasteiger partial charge >= 0.3 is 5.97 Å². The number of hydrogen-bond donors (Lipinski definition) is 0. The Morgan fingerprint density at radius 3 is 2.33 bits per heavy atom. The monoisotopic (exact) mass is 430 g/mol. The SMILES string of the molecule is CN(Cc1ccccc1)C(=O)COC(=O)[C@H]1CCCCN1S(=O)(=O)c1ccccc1. The summed E-state index contributed by atoms with van der Waals surface area (Å²) in [7, 11) is -2.18. The fourth-order valence-electron chi connectivity index (χ4n) is 3.44. The summed E-state index contributed by atoms with van der Waals surface area (Å²) >= 11 is 0. The molecule has 1 atom stereocenters. The molecule has 7 nitrogen and oxygen atoms in total. The lowest BCUT2D eigenvalue weighted by Crippen LogP contribution is -2.49. The second-order valence-electron chi connectivity index (χ2n) is 7.28. The first-order valence-electron chi connectivity index (χ1n) is 9.91. The second-order valence-corrected chi connectivity index (χ2v) is 9.17. The highest BCUT2D eigenvalue weighted by Crippen LogP contribution is 2.26. The van der Waals surface area contributed by atoms with Gasteiger partial charge in [-0.25, -0.2) is 8.42 Å². The number of piperidine rings is 1. The molecule has 3 rings (SSSR count). The third-order valence-electron chi connectivity index (χ3n) is 5.10. The second kappa shape index (κ2) is 9.86. The molecule has 1 saturated heterocycles. The minimum atomic E-state index is -3.81. The fourth-order valence-corrected chi connectivity index (χ4v) is 5.11. The molecule has 1 heterocycles. The van der Waals surface area contributed by atoms with Crippen LogP contribution < -0.4 is 0 Å². The van der Waals surface area contributed by atoms with E-state index >= 15 is 0 Å². The van der Waals surface area contributed by atoms with E-state index in [1.54, 1.807) is 25.2 Å². The number of esters is 1. The number of hydrogen-bond acceptors (Lipinski definition) is 5. The molecule has 0 aliphatic carbocycles. The Morgan fingerprint density at radius 1 is 1.03 bits per heavy atom. The minimum Gasteiger partial charge on any atom is -0.454 e. The van der Waals surface area contributed by atoms with Crippen LogP contribution in [0.1, 0.15) is 24.8 Å². The highest BCUT2D eigenvalue weighted by Gasteiger charge is 2.38. The van der Waals surface area contributed by atoms with Gasteiger partial charge in [0.25, 0.3) is 5.91 Å². The molecule has 1 fully saturated rings. The summed E-state index contributed by atoms with van der Waals surface area (Å²) < 4.78 is 32.4. The molecular formula is C22H26N2O5S. The highest BCUT2D eigenvalue weighted by atomic mass is 32.2. The van der Waals surface area contributed by atoms with Gasteiger partial charge in [-0.2, -0.15) is 4.31 Å². The molecule has 2 aromatic rings. The van der Waals surface area contributed by atoms with Crippen molar-refractivity contribution in [2.24, 2.45) is 0 Å². The van der Waals surface area contributed by atoms with Crippen LogP contribution in [-0.4, -0.2) is 55.7 Å². The minimum absolute atomic E-state index is 0.142. The molecule has 0 bridgehead atoms. The predicted octanol–water partition coefficient (Wildman–Crippen LogP) is 2.43. The van der Waals surface area contributed by atoms with Gasteiger partial charge in [-0.15, -0.1) is 0 Å². The van der Waals surface area contributed by atoms with Gasteiger partial charge in [0.15, 0.2) is 6.61 Å². The number of likely N-dealkylation sites (N-methyl/N-ethyl adjacent to an activating group) is 1. The summed E-state index contributed by atoms with van der Waals surface area (Å²) in [5, 5.41) is 0. The molecule has 1 amide bonds. The van der Waals surface area contributed by atoms with Gasteiger partial charge in [-0.05, 0) is 37.0 Å². The van der Waals surface area contributed by atoms with E-state index < -0.39 is 28.6 Å². The highest BCUT2D eigenvalue weighted by molar-refractivity contribution is 7.89. The van der Waals surface area contributed by atoms with Gasteiger partial charge in [0.2, 0.25) is 10.0 Å². The maximum Gasteiger partial charge on any atom is 0.324 e. The number of rotatable bonds is 7. The van der Waals surface area contributed by atoms with Crippen LogP contribution in [0.25, 0.3) is 0 Å². The van der Waals surface area contributed by atoms with E-state index in [1.165, 1.54) is 21.3 Å². The summed E-state index contributed by atoms with van der Waals surface area (Å²) in [5.41, 5.74) is 0.965. The topological polar surface area (TPSA) is 84.0 Å². The van der Waals surface area contributed by atoms with Crippen LogP contribution in [0.4, 0.5) is 0 Å². The maximum absolute atomic E-state index is 13.0. The van der Waals surface area contributed by atoms with Gasteiger partial charge in [0.05, 0.1) is 4.90 Å². The number of ether oxygens (including phenoxy) is 1. The molecule has 160 valence electrons. The number of sulfonamides is 1. The largest absolute Gasteiger partial charge is 0.454 e. The fraction of sp³-hybridized carbons (Fsp3) is 0.364. The van der Waals surface area contributed by atoms with Crippen molar-refractivity contribution in [1.29, 1.82) is 0 Å². The van der Waals surface area contributed by atoms with E-state index in [9.17, 15) is 18.0 Å². The van der Waals surface area contributed by atoms with Crippen molar-refractivity contribution in [2.45, 2.75) is 36.7 Å². The normalized spacial score (nSPS) is 17.3. The average Bonchev–Trinajstić information content (AvgIpc) is 2.78. The van der Waals surface area contributed by atoms with Crippen molar-refractivity contribution in [3.8, 4) is 0 Å². The zero-order chi connectivity index (χ0) is 21.6. The molecule has 0 saturated carbocycles. The van der Waals surface area contributed by atoms with E-state index in [0.29, 0.717) is 19.4 Å². The third-order valence-corrected chi connectivity index (χ3v) is 7.02. The lowest BCUT2D eigenvalue weighted by atomic mass is 10.1. The van der Waals surface area contributed by atoms with Gasteiger partial charge < -0.3 is 9.64 Å². The molecule has 0 radical (unpaired) electrons. The van der Waals surface area contributed by atoms with Crippen LogP contribution in [0.2, 0.25) is 0 Å². The van der Waals surface area contributed by atoms with Crippen molar-refractivity contribution < 1.29 is 22.7 Å². The van der Waals surface area contributed by atoms with Crippen molar-refractivity contribution in [3.63, 3.8) is 0 Å². The van der Waals surface area contributed by atoms with Crippen LogP contribution in [0, 0.1) is 0 Å². The van der Waals surface area contributed by atoms with Crippen LogP contribution in [0.15, 0.2) is 65.6 Å². The summed E-state index contributed by atoms with van der Waals surface area (Å²) in [6.45, 7) is 0.228. The molecule has 1 aliphatic rings. The van der Waals surface area contributed by atoms with Crippen molar-refractivity contribution >= 4 is 21.9 Å². The number of amides is 1. The molecular weight excluding hydrogens is 404 g/mol. The Hall–Kier alpha value is -2.71. The van der Waals surface area contributed by atoms with Crippen molar-refractivity contribution in [2.75, 3.05) is 20.2 Å². The van der Waals surface area contributed by atoms with E-state index in [-0.39, 0.29) is 17.3 Å². The van der Waals surface area contributed by atoms with Crippen molar-refractivity contribution in [1.82, 2.24) is 9.21 Å². The zero-order valence-corrected chi connectivity index (χ0v) is 17.8. The lowest BCUT2D eigenvalue weighted by Gasteiger charge is -2.33. The van der Waals surface area contributed by atoms with Gasteiger partial charge in [-0.1, -0.05) is 48.5 Å². The van der Waals surface area contributed by atoms with Crippen LogP contribution >= 0.6 is 0 Å². The lowest BCUT2D eigenvalue weighted by molar-refractivity contribution is -0.155. The molecule has 0 spiro atoms. The molecule has 0 N–H and O–H groups in total. The molecule has 8 heteroatoms. The standard InChI is InChI=1S/C22H26N2O5S/c1-23(16-18-10-4-2-5-11-18)21(25)17-29-22(26)20-14-8-9-15-24(20)30(27,28)19-12-6-3-7-13-19/h2-7,10-13,20H,8-9,14-17H2,1H3/t20-/m1/s1. The third kappa shape index (κ3) is 5.25. The van der Waals surface area contributed by atoms with Crippen LogP contribution in [0.5, 0.6) is 0 Å². The van der Waals surface area contributed by atoms with Gasteiger partial charge in [0, 0.05) is 20.1 Å². The Balaban J connectivity index is 1.62. The first kappa shape index (κ1) is 22.0. The number of carbonyl (C=O) groups is 2. The van der Waals surface area contributed by atoms with E-state index in [2.05, 4.69) is 0 Å². The molecule has 0 unspecified atom stereocenters. The molecule has 30 heavy (non-hydrogen) atoms. The van der Waals surface area contributed by atoms with Gasteiger partial charge in [0.1, 0.15) is 6.04 Å². The quantitative estimate of drug-likeness (QED) is 0.630. The summed E-state index contributed by atoms with van der Waals surface area (Å²) in [4.78, 5) is 26.6. The Kier molecular flexibility index (Phi) is 7.23. The Morgan fingerprint density at radius 2 is 1.67 bits per heavy atom. The zero-order valence-electron chi connectivity index (χ0n) is 16.9. The first-order chi connectivity index (χ1) is 14.4. The number of nitrogens with zero attached hydrogens (tertiary/aromatic N) is 2. The number of carbonyl (C=O) groups excluding carboxylic acids is 2. The van der Waals surface area contributed by atoms with Crippen LogP contribution in [-0.2, 0) is 30.9 Å². The number of benzene rings is 2. The maximum atomic E-state index is 13.0. The summed E-state index contributed by atoms with van der Waals surface area (Å²) in [5.74, 6) is -1.03. The molecule has 1 aliphatic heterocycles. The molecule has 0 aromatic heterocycles.